The standard InChI is InChI=1S/C10H21N3/c1-7-4-13(5-8(7)2)6-9(3)10(11)12/h7-9H,4-6H2,1-3H3,(H3,11,12). The Bertz CT molecular complexity index is 181. The van der Waals surface area contributed by atoms with Gasteiger partial charge in [0.25, 0.3) is 0 Å². The maximum atomic E-state index is 7.32. The number of nitrogens with zero attached hydrogens (tertiary/aromatic N) is 1. The Morgan fingerprint density at radius 3 is 2.31 bits per heavy atom. The van der Waals surface area contributed by atoms with E-state index in [2.05, 4.69) is 18.7 Å². The van der Waals surface area contributed by atoms with Gasteiger partial charge in [-0.05, 0) is 11.8 Å². The van der Waals surface area contributed by atoms with Gasteiger partial charge in [-0.3, -0.25) is 5.41 Å². The first-order chi connectivity index (χ1) is 6.00. The summed E-state index contributed by atoms with van der Waals surface area (Å²) in [4.78, 5) is 2.42. The molecule has 0 spiro atoms. The van der Waals surface area contributed by atoms with Crippen molar-refractivity contribution < 1.29 is 0 Å². The lowest BCUT2D eigenvalue weighted by Gasteiger charge is -2.19. The molecule has 0 amide bonds. The molecule has 3 N–H and O–H groups in total. The van der Waals surface area contributed by atoms with E-state index in [9.17, 15) is 0 Å². The number of hydrogen-bond acceptors (Lipinski definition) is 2. The summed E-state index contributed by atoms with van der Waals surface area (Å²) in [6, 6.07) is 0. The highest BCUT2D eigenvalue weighted by Gasteiger charge is 2.26. The second-order valence-electron chi connectivity index (χ2n) is 4.53. The maximum Gasteiger partial charge on any atom is 0.0947 e. The second kappa shape index (κ2) is 4.09. The third-order valence-electron chi connectivity index (χ3n) is 3.13. The van der Waals surface area contributed by atoms with Crippen molar-refractivity contribution in [1.29, 1.82) is 5.41 Å². The van der Waals surface area contributed by atoms with Crippen molar-refractivity contribution in [2.75, 3.05) is 19.6 Å². The van der Waals surface area contributed by atoms with Crippen molar-refractivity contribution in [3.8, 4) is 0 Å². The Morgan fingerprint density at radius 2 is 1.92 bits per heavy atom. The molecule has 0 bridgehead atoms. The minimum absolute atomic E-state index is 0.206. The molecule has 0 aromatic rings. The van der Waals surface area contributed by atoms with Crippen molar-refractivity contribution in [3.63, 3.8) is 0 Å². The molecule has 3 atom stereocenters. The molecule has 1 rings (SSSR count). The van der Waals surface area contributed by atoms with Gasteiger partial charge in [-0.15, -0.1) is 0 Å². The van der Waals surface area contributed by atoms with Crippen LogP contribution in [0.15, 0.2) is 0 Å². The molecule has 1 saturated heterocycles. The van der Waals surface area contributed by atoms with Crippen molar-refractivity contribution in [1.82, 2.24) is 4.90 Å². The molecule has 0 aromatic carbocycles. The summed E-state index contributed by atoms with van der Waals surface area (Å²) in [7, 11) is 0. The van der Waals surface area contributed by atoms with E-state index in [4.69, 9.17) is 11.1 Å². The van der Waals surface area contributed by atoms with Crippen molar-refractivity contribution >= 4 is 5.84 Å². The monoisotopic (exact) mass is 183 g/mol. The van der Waals surface area contributed by atoms with Crippen molar-refractivity contribution in [3.05, 3.63) is 0 Å². The summed E-state index contributed by atoms with van der Waals surface area (Å²) in [5, 5.41) is 7.32. The van der Waals surface area contributed by atoms with Gasteiger partial charge in [0.05, 0.1) is 5.84 Å². The predicted octanol–water partition coefficient (Wildman–Crippen LogP) is 1.15. The molecule has 1 heterocycles. The summed E-state index contributed by atoms with van der Waals surface area (Å²) in [6.45, 7) is 9.89. The Balaban J connectivity index is 2.35. The molecule has 76 valence electrons. The number of nitrogens with two attached hydrogens (primary N) is 1. The van der Waals surface area contributed by atoms with Gasteiger partial charge in [-0.25, -0.2) is 0 Å². The quantitative estimate of drug-likeness (QED) is 0.509. The van der Waals surface area contributed by atoms with E-state index in [1.54, 1.807) is 0 Å². The summed E-state index contributed by atoms with van der Waals surface area (Å²) < 4.78 is 0. The maximum absolute atomic E-state index is 7.32. The van der Waals surface area contributed by atoms with E-state index in [1.165, 1.54) is 13.1 Å². The summed E-state index contributed by atoms with van der Waals surface area (Å²) >= 11 is 0. The number of likely N-dealkylation sites (tertiary alicyclic amines) is 1. The molecule has 1 aliphatic rings. The van der Waals surface area contributed by atoms with E-state index >= 15 is 0 Å². The van der Waals surface area contributed by atoms with Crippen LogP contribution < -0.4 is 5.73 Å². The van der Waals surface area contributed by atoms with Crippen LogP contribution in [0.2, 0.25) is 0 Å². The summed E-state index contributed by atoms with van der Waals surface area (Å²) in [5.41, 5.74) is 5.44. The minimum atomic E-state index is 0.206. The van der Waals surface area contributed by atoms with Gasteiger partial charge in [0, 0.05) is 25.6 Å². The first kappa shape index (κ1) is 10.5. The SMILES string of the molecule is CC(CN1CC(C)C(C)C1)C(=N)N. The van der Waals surface area contributed by atoms with E-state index in [1.807, 2.05) is 6.92 Å². The third kappa shape index (κ3) is 2.69. The average molecular weight is 183 g/mol. The lowest BCUT2D eigenvalue weighted by Crippen LogP contribution is -2.33. The first-order valence-electron chi connectivity index (χ1n) is 5.07. The highest BCUT2D eigenvalue weighted by atomic mass is 15.2. The molecule has 1 fully saturated rings. The fourth-order valence-electron chi connectivity index (χ4n) is 1.88. The van der Waals surface area contributed by atoms with Gasteiger partial charge in [0.2, 0.25) is 0 Å². The number of amidine groups is 1. The topological polar surface area (TPSA) is 53.1 Å². The molecule has 13 heavy (non-hydrogen) atoms. The van der Waals surface area contributed by atoms with Crippen LogP contribution in [0.1, 0.15) is 20.8 Å². The van der Waals surface area contributed by atoms with Crippen LogP contribution >= 0.6 is 0 Å². The van der Waals surface area contributed by atoms with Crippen LogP contribution in [0, 0.1) is 23.2 Å². The smallest absolute Gasteiger partial charge is 0.0947 e. The van der Waals surface area contributed by atoms with Gasteiger partial charge < -0.3 is 10.6 Å². The zero-order valence-electron chi connectivity index (χ0n) is 8.88. The molecule has 3 unspecified atom stereocenters. The predicted molar refractivity (Wildman–Crippen MR) is 55.8 cm³/mol. The van der Waals surface area contributed by atoms with Crippen molar-refractivity contribution in [2.45, 2.75) is 20.8 Å². The molecule has 0 saturated carbocycles. The van der Waals surface area contributed by atoms with Crippen LogP contribution in [0.25, 0.3) is 0 Å². The molecule has 3 nitrogen and oxygen atoms in total. The molecule has 3 heteroatoms. The first-order valence-corrected chi connectivity index (χ1v) is 5.07. The zero-order valence-corrected chi connectivity index (χ0v) is 8.88. The molecular weight excluding hydrogens is 162 g/mol. The minimum Gasteiger partial charge on any atom is -0.387 e. The van der Waals surface area contributed by atoms with Crippen LogP contribution in [-0.4, -0.2) is 30.4 Å². The number of hydrogen-bond donors (Lipinski definition) is 2. The van der Waals surface area contributed by atoms with E-state index in [-0.39, 0.29) is 5.92 Å². The average Bonchev–Trinajstić information content (AvgIpc) is 2.31. The summed E-state index contributed by atoms with van der Waals surface area (Å²) in [5.74, 6) is 2.10. The molecule has 0 aromatic heterocycles. The molecule has 0 radical (unpaired) electrons. The van der Waals surface area contributed by atoms with Gasteiger partial charge >= 0.3 is 0 Å². The highest BCUT2D eigenvalue weighted by molar-refractivity contribution is 5.79. The number of nitrogens with one attached hydrogen (secondary N) is 1. The Hall–Kier alpha value is -0.570. The Kier molecular flexibility index (Phi) is 3.31. The van der Waals surface area contributed by atoms with Gasteiger partial charge in [-0.1, -0.05) is 20.8 Å². The Labute approximate surface area is 80.8 Å². The van der Waals surface area contributed by atoms with Crippen molar-refractivity contribution in [2.24, 2.45) is 23.5 Å². The molecule has 1 aliphatic heterocycles. The number of rotatable bonds is 3. The normalized spacial score (nSPS) is 31.9. The van der Waals surface area contributed by atoms with Crippen LogP contribution in [0.5, 0.6) is 0 Å². The lowest BCUT2D eigenvalue weighted by molar-refractivity contribution is 0.304. The van der Waals surface area contributed by atoms with Crippen LogP contribution in [0.4, 0.5) is 0 Å². The fourth-order valence-corrected chi connectivity index (χ4v) is 1.88. The fraction of sp³-hybridized carbons (Fsp3) is 0.900. The van der Waals surface area contributed by atoms with Crippen LogP contribution in [0.3, 0.4) is 0 Å². The van der Waals surface area contributed by atoms with E-state index in [0.717, 1.165) is 18.4 Å². The molecule has 0 aliphatic carbocycles. The largest absolute Gasteiger partial charge is 0.387 e. The third-order valence-corrected chi connectivity index (χ3v) is 3.13. The second-order valence-corrected chi connectivity index (χ2v) is 4.53. The zero-order chi connectivity index (χ0) is 10.0. The summed E-state index contributed by atoms with van der Waals surface area (Å²) in [6.07, 6.45) is 0. The van der Waals surface area contributed by atoms with Gasteiger partial charge in [0.1, 0.15) is 0 Å². The Morgan fingerprint density at radius 1 is 1.46 bits per heavy atom. The van der Waals surface area contributed by atoms with Crippen LogP contribution in [-0.2, 0) is 0 Å². The highest BCUT2D eigenvalue weighted by Crippen LogP contribution is 2.22. The van der Waals surface area contributed by atoms with Gasteiger partial charge in [0.15, 0.2) is 0 Å². The van der Waals surface area contributed by atoms with E-state index < -0.39 is 0 Å². The van der Waals surface area contributed by atoms with Gasteiger partial charge in [-0.2, -0.15) is 0 Å². The lowest BCUT2D eigenvalue weighted by atomic mass is 10.0. The molecular formula is C10H21N3. The van der Waals surface area contributed by atoms with E-state index in [0.29, 0.717) is 5.84 Å².